The molecule has 3 unspecified atom stereocenters. The number of likely N-dealkylation sites (tertiary alicyclic amines) is 1. The summed E-state index contributed by atoms with van der Waals surface area (Å²) < 4.78 is 0. The molecule has 0 aromatic heterocycles. The molecular formula is C16H28N2O. The molecule has 2 aliphatic carbocycles. The third-order valence-corrected chi connectivity index (χ3v) is 5.60. The van der Waals surface area contributed by atoms with Crippen molar-refractivity contribution in [3.8, 4) is 0 Å². The van der Waals surface area contributed by atoms with Crippen LogP contribution in [0.1, 0.15) is 51.4 Å². The Bertz CT molecular complexity index is 323. The quantitative estimate of drug-likeness (QED) is 0.750. The molecule has 1 aliphatic heterocycles. The predicted octanol–water partition coefficient (Wildman–Crippen LogP) is 3.35. The van der Waals surface area contributed by atoms with Crippen molar-refractivity contribution in [2.24, 2.45) is 17.8 Å². The lowest BCUT2D eigenvalue weighted by Gasteiger charge is -2.31. The molecule has 0 radical (unpaired) electrons. The van der Waals surface area contributed by atoms with E-state index in [2.05, 4.69) is 4.90 Å². The fourth-order valence-electron chi connectivity index (χ4n) is 4.53. The van der Waals surface area contributed by atoms with Crippen molar-refractivity contribution in [3.05, 3.63) is 0 Å². The number of carbonyl (C=O) groups excluding carboxylic acids is 1. The molecule has 3 fully saturated rings. The second-order valence-corrected chi connectivity index (χ2v) is 7.00. The Balaban J connectivity index is 1.51. The van der Waals surface area contributed by atoms with Gasteiger partial charge in [0.2, 0.25) is 0 Å². The standard InChI is InChI=1S/C16H28N2O/c1-17(12-15-11-13-6-7-14(15)10-13)16(19)18-8-4-2-3-5-9-18/h13-15H,2-12H2,1H3. The van der Waals surface area contributed by atoms with Gasteiger partial charge in [-0.1, -0.05) is 19.3 Å². The van der Waals surface area contributed by atoms with Crippen molar-refractivity contribution >= 4 is 6.03 Å². The minimum absolute atomic E-state index is 0.282. The Hall–Kier alpha value is -0.730. The number of urea groups is 1. The molecule has 2 amide bonds. The van der Waals surface area contributed by atoms with E-state index in [-0.39, 0.29) is 6.03 Å². The van der Waals surface area contributed by atoms with Gasteiger partial charge in [-0.2, -0.15) is 0 Å². The molecule has 3 nitrogen and oxygen atoms in total. The minimum Gasteiger partial charge on any atom is -0.327 e. The predicted molar refractivity (Wildman–Crippen MR) is 77.0 cm³/mol. The molecule has 0 aromatic carbocycles. The number of carbonyl (C=O) groups is 1. The largest absolute Gasteiger partial charge is 0.327 e. The van der Waals surface area contributed by atoms with Crippen molar-refractivity contribution in [3.63, 3.8) is 0 Å². The van der Waals surface area contributed by atoms with Crippen molar-refractivity contribution in [1.29, 1.82) is 0 Å². The molecule has 108 valence electrons. The topological polar surface area (TPSA) is 23.6 Å². The first-order valence-corrected chi connectivity index (χ1v) is 8.24. The van der Waals surface area contributed by atoms with Gasteiger partial charge < -0.3 is 9.80 Å². The molecular weight excluding hydrogens is 236 g/mol. The molecule has 1 heterocycles. The fraction of sp³-hybridized carbons (Fsp3) is 0.938. The number of hydrogen-bond donors (Lipinski definition) is 0. The number of amides is 2. The van der Waals surface area contributed by atoms with Crippen LogP contribution < -0.4 is 0 Å². The van der Waals surface area contributed by atoms with Gasteiger partial charge in [0.15, 0.2) is 0 Å². The molecule has 3 rings (SSSR count). The Morgan fingerprint density at radius 3 is 2.42 bits per heavy atom. The third kappa shape index (κ3) is 2.90. The van der Waals surface area contributed by atoms with E-state index in [1.54, 1.807) is 0 Å². The molecule has 19 heavy (non-hydrogen) atoms. The van der Waals surface area contributed by atoms with Gasteiger partial charge in [-0.15, -0.1) is 0 Å². The van der Waals surface area contributed by atoms with Gasteiger partial charge >= 0.3 is 6.03 Å². The summed E-state index contributed by atoms with van der Waals surface area (Å²) in [4.78, 5) is 16.6. The van der Waals surface area contributed by atoms with Gasteiger partial charge in [-0.25, -0.2) is 4.79 Å². The minimum atomic E-state index is 0.282. The normalized spacial score (nSPS) is 34.4. The lowest BCUT2D eigenvalue weighted by Crippen LogP contribution is -2.44. The third-order valence-electron chi connectivity index (χ3n) is 5.60. The van der Waals surface area contributed by atoms with Crippen molar-refractivity contribution in [2.45, 2.75) is 51.4 Å². The van der Waals surface area contributed by atoms with Crippen molar-refractivity contribution < 1.29 is 4.79 Å². The zero-order chi connectivity index (χ0) is 13.2. The molecule has 3 heteroatoms. The van der Waals surface area contributed by atoms with Crippen LogP contribution in [0.15, 0.2) is 0 Å². The summed E-state index contributed by atoms with van der Waals surface area (Å²) in [6, 6.07) is 0.282. The van der Waals surface area contributed by atoms with E-state index in [9.17, 15) is 4.79 Å². The summed E-state index contributed by atoms with van der Waals surface area (Å²) in [5, 5.41) is 0. The van der Waals surface area contributed by atoms with E-state index in [1.165, 1.54) is 51.4 Å². The Morgan fingerprint density at radius 1 is 1.11 bits per heavy atom. The smallest absolute Gasteiger partial charge is 0.319 e. The van der Waals surface area contributed by atoms with Crippen LogP contribution in [0.25, 0.3) is 0 Å². The summed E-state index contributed by atoms with van der Waals surface area (Å²) in [6.07, 6.45) is 10.6. The average molecular weight is 264 g/mol. The van der Waals surface area contributed by atoms with Gasteiger partial charge in [0.25, 0.3) is 0 Å². The zero-order valence-corrected chi connectivity index (χ0v) is 12.3. The number of fused-ring (bicyclic) bond motifs is 2. The first-order valence-electron chi connectivity index (χ1n) is 8.24. The fourth-order valence-corrected chi connectivity index (χ4v) is 4.53. The first kappa shape index (κ1) is 13.3. The second-order valence-electron chi connectivity index (χ2n) is 7.00. The van der Waals surface area contributed by atoms with E-state index >= 15 is 0 Å². The molecule has 3 atom stereocenters. The van der Waals surface area contributed by atoms with E-state index in [0.717, 1.165) is 37.4 Å². The molecule has 0 aromatic rings. The van der Waals surface area contributed by atoms with Crippen LogP contribution in [0.2, 0.25) is 0 Å². The SMILES string of the molecule is CN(CC1CC2CCC1C2)C(=O)N1CCCCCC1. The van der Waals surface area contributed by atoms with E-state index in [0.29, 0.717) is 0 Å². The van der Waals surface area contributed by atoms with E-state index in [4.69, 9.17) is 0 Å². The highest BCUT2D eigenvalue weighted by Crippen LogP contribution is 2.48. The van der Waals surface area contributed by atoms with Crippen molar-refractivity contribution in [2.75, 3.05) is 26.7 Å². The van der Waals surface area contributed by atoms with Crippen LogP contribution in [0.3, 0.4) is 0 Å². The van der Waals surface area contributed by atoms with Crippen LogP contribution in [-0.4, -0.2) is 42.5 Å². The van der Waals surface area contributed by atoms with Crippen LogP contribution in [0.4, 0.5) is 4.79 Å². The van der Waals surface area contributed by atoms with Crippen molar-refractivity contribution in [1.82, 2.24) is 9.80 Å². The first-order chi connectivity index (χ1) is 9.24. The lowest BCUT2D eigenvalue weighted by molar-refractivity contribution is 0.149. The van der Waals surface area contributed by atoms with Gasteiger partial charge in [0, 0.05) is 26.7 Å². The van der Waals surface area contributed by atoms with Crippen LogP contribution in [-0.2, 0) is 0 Å². The summed E-state index contributed by atoms with van der Waals surface area (Å²) in [6.45, 7) is 2.94. The lowest BCUT2D eigenvalue weighted by atomic mass is 9.88. The summed E-state index contributed by atoms with van der Waals surface area (Å²) in [5.41, 5.74) is 0. The molecule has 2 saturated carbocycles. The number of hydrogen-bond acceptors (Lipinski definition) is 1. The maximum absolute atomic E-state index is 12.5. The summed E-state index contributed by atoms with van der Waals surface area (Å²) in [5.74, 6) is 2.70. The Labute approximate surface area is 117 Å². The maximum atomic E-state index is 12.5. The highest BCUT2D eigenvalue weighted by molar-refractivity contribution is 5.74. The van der Waals surface area contributed by atoms with Gasteiger partial charge in [0.1, 0.15) is 0 Å². The zero-order valence-electron chi connectivity index (χ0n) is 12.3. The summed E-state index contributed by atoms with van der Waals surface area (Å²) >= 11 is 0. The van der Waals surface area contributed by atoms with Gasteiger partial charge in [-0.3, -0.25) is 0 Å². The average Bonchev–Trinajstić information content (AvgIpc) is 2.91. The monoisotopic (exact) mass is 264 g/mol. The summed E-state index contributed by atoms with van der Waals surface area (Å²) in [7, 11) is 2.01. The molecule has 3 aliphatic rings. The van der Waals surface area contributed by atoms with Crippen LogP contribution in [0, 0.1) is 17.8 Å². The Morgan fingerprint density at radius 2 is 1.84 bits per heavy atom. The maximum Gasteiger partial charge on any atom is 0.319 e. The number of rotatable bonds is 2. The second kappa shape index (κ2) is 5.72. The van der Waals surface area contributed by atoms with E-state index in [1.807, 2.05) is 11.9 Å². The molecule has 2 bridgehead atoms. The van der Waals surface area contributed by atoms with Gasteiger partial charge in [0.05, 0.1) is 0 Å². The van der Waals surface area contributed by atoms with Crippen LogP contribution >= 0.6 is 0 Å². The molecule has 0 N–H and O–H groups in total. The van der Waals surface area contributed by atoms with E-state index < -0.39 is 0 Å². The highest BCUT2D eigenvalue weighted by Gasteiger charge is 2.40. The molecule has 1 saturated heterocycles. The molecule has 0 spiro atoms. The van der Waals surface area contributed by atoms with Crippen LogP contribution in [0.5, 0.6) is 0 Å². The van der Waals surface area contributed by atoms with Gasteiger partial charge in [-0.05, 0) is 49.9 Å². The Kier molecular flexibility index (Phi) is 3.99. The number of nitrogens with zero attached hydrogens (tertiary/aromatic N) is 2. The highest BCUT2D eigenvalue weighted by atomic mass is 16.2.